The highest BCUT2D eigenvalue weighted by Crippen LogP contribution is 2.26. The third-order valence-electron chi connectivity index (χ3n) is 4.51. The Hall–Kier alpha value is -2.37. The maximum absolute atomic E-state index is 12.8. The molecule has 0 aromatic heterocycles. The summed E-state index contributed by atoms with van der Waals surface area (Å²) >= 11 is 5.91. The highest BCUT2D eigenvalue weighted by atomic mass is 35.5. The number of imide groups is 1. The van der Waals surface area contributed by atoms with Crippen molar-refractivity contribution in [3.63, 3.8) is 0 Å². The number of hydrogen-bond acceptors (Lipinski definition) is 3. The second kappa shape index (κ2) is 7.48. The third kappa shape index (κ3) is 3.74. The zero-order valence-corrected chi connectivity index (χ0v) is 15.9. The average Bonchev–Trinajstić information content (AvgIpc) is 2.82. The van der Waals surface area contributed by atoms with Crippen molar-refractivity contribution in [2.75, 3.05) is 18.6 Å². The van der Waals surface area contributed by atoms with Gasteiger partial charge in [-0.2, -0.15) is 0 Å². The van der Waals surface area contributed by atoms with Crippen molar-refractivity contribution in [3.05, 3.63) is 64.7 Å². The van der Waals surface area contributed by atoms with Crippen LogP contribution in [0.1, 0.15) is 18.1 Å². The van der Waals surface area contributed by atoms with E-state index in [1.165, 1.54) is 4.90 Å². The van der Waals surface area contributed by atoms with E-state index >= 15 is 0 Å². The first-order chi connectivity index (χ1) is 12.4. The van der Waals surface area contributed by atoms with Crippen molar-refractivity contribution in [3.8, 4) is 0 Å². The van der Waals surface area contributed by atoms with Crippen LogP contribution in [0.2, 0.25) is 5.02 Å². The molecule has 1 heterocycles. The van der Waals surface area contributed by atoms with Crippen molar-refractivity contribution < 1.29 is 9.59 Å². The molecule has 1 atom stereocenters. The molecule has 0 saturated carbocycles. The van der Waals surface area contributed by atoms with Crippen LogP contribution in [0.25, 0.3) is 0 Å². The Balaban J connectivity index is 1.71. The Morgan fingerprint density at radius 3 is 2.27 bits per heavy atom. The Bertz CT molecular complexity index is 805. The third-order valence-corrected chi connectivity index (χ3v) is 4.76. The van der Waals surface area contributed by atoms with Crippen molar-refractivity contribution in [1.29, 1.82) is 0 Å². The van der Waals surface area contributed by atoms with Gasteiger partial charge in [0.1, 0.15) is 6.04 Å². The summed E-state index contributed by atoms with van der Waals surface area (Å²) in [7, 11) is 1.88. The summed E-state index contributed by atoms with van der Waals surface area (Å²) in [6.45, 7) is 4.61. The van der Waals surface area contributed by atoms with E-state index in [1.807, 2.05) is 67.4 Å². The summed E-state index contributed by atoms with van der Waals surface area (Å²) in [6.07, 6.45) is 0. The molecule has 0 radical (unpaired) electrons. The molecule has 2 aromatic carbocycles. The summed E-state index contributed by atoms with van der Waals surface area (Å²) in [5, 5.41) is 0.684. The van der Waals surface area contributed by atoms with Gasteiger partial charge in [0.05, 0.1) is 6.67 Å². The first-order valence-electron chi connectivity index (χ1n) is 8.51. The van der Waals surface area contributed by atoms with Gasteiger partial charge in [-0.05, 0) is 50.7 Å². The molecule has 0 unspecified atom stereocenters. The molecule has 1 aliphatic rings. The zero-order valence-electron chi connectivity index (χ0n) is 15.1. The molecule has 3 rings (SSSR count). The monoisotopic (exact) mass is 371 g/mol. The highest BCUT2D eigenvalue weighted by molar-refractivity contribution is 6.30. The van der Waals surface area contributed by atoms with Crippen LogP contribution >= 0.6 is 11.6 Å². The van der Waals surface area contributed by atoms with Crippen molar-refractivity contribution in [1.82, 2.24) is 9.80 Å². The largest absolute Gasteiger partial charge is 0.333 e. The van der Waals surface area contributed by atoms with Gasteiger partial charge in [0.2, 0.25) is 0 Å². The number of nitrogens with zero attached hydrogens (tertiary/aromatic N) is 3. The topological polar surface area (TPSA) is 43.9 Å². The number of rotatable bonds is 5. The molecule has 1 saturated heterocycles. The first-order valence-corrected chi connectivity index (χ1v) is 8.89. The number of amides is 3. The molecule has 1 aliphatic heterocycles. The van der Waals surface area contributed by atoms with Gasteiger partial charge in [0.15, 0.2) is 0 Å². The van der Waals surface area contributed by atoms with Gasteiger partial charge in [-0.15, -0.1) is 0 Å². The predicted octanol–water partition coefficient (Wildman–Crippen LogP) is 3.90. The van der Waals surface area contributed by atoms with Crippen LogP contribution in [0.4, 0.5) is 10.5 Å². The number of hydrogen-bond donors (Lipinski definition) is 0. The molecule has 136 valence electrons. The Labute approximate surface area is 158 Å². The number of carbonyl (C=O) groups is 2. The number of urea groups is 1. The fraction of sp³-hybridized carbons (Fsp3) is 0.300. The van der Waals surface area contributed by atoms with Crippen molar-refractivity contribution in [2.24, 2.45) is 0 Å². The minimum absolute atomic E-state index is 0.182. The SMILES string of the molecule is Cc1ccc(N2C(=O)N(CN(C)Cc3ccc(Cl)cc3)C(=O)[C@@H]2C)cc1. The lowest BCUT2D eigenvalue weighted by molar-refractivity contribution is -0.128. The molecule has 0 spiro atoms. The summed E-state index contributed by atoms with van der Waals surface area (Å²) < 4.78 is 0. The average molecular weight is 372 g/mol. The Morgan fingerprint density at radius 2 is 1.65 bits per heavy atom. The smallest absolute Gasteiger partial charge is 0.284 e. The van der Waals surface area contributed by atoms with E-state index in [9.17, 15) is 9.59 Å². The van der Waals surface area contributed by atoms with Gasteiger partial charge in [-0.1, -0.05) is 41.4 Å². The second-order valence-electron chi connectivity index (χ2n) is 6.71. The van der Waals surface area contributed by atoms with Gasteiger partial charge in [0, 0.05) is 17.3 Å². The van der Waals surface area contributed by atoms with Crippen LogP contribution in [0.15, 0.2) is 48.5 Å². The van der Waals surface area contributed by atoms with Crippen LogP contribution in [0, 0.1) is 6.92 Å². The molecule has 6 heteroatoms. The van der Waals surface area contributed by atoms with Crippen LogP contribution < -0.4 is 4.90 Å². The van der Waals surface area contributed by atoms with E-state index in [2.05, 4.69) is 0 Å². The van der Waals surface area contributed by atoms with Gasteiger partial charge >= 0.3 is 6.03 Å². The van der Waals surface area contributed by atoms with Gasteiger partial charge in [-0.3, -0.25) is 14.6 Å². The Morgan fingerprint density at radius 1 is 1.04 bits per heavy atom. The number of anilines is 1. The predicted molar refractivity (Wildman–Crippen MR) is 103 cm³/mol. The molecule has 0 N–H and O–H groups in total. The molecule has 3 amide bonds. The molecule has 0 bridgehead atoms. The highest BCUT2D eigenvalue weighted by Gasteiger charge is 2.43. The van der Waals surface area contributed by atoms with E-state index in [4.69, 9.17) is 11.6 Å². The minimum Gasteiger partial charge on any atom is -0.284 e. The first kappa shape index (κ1) is 18.4. The summed E-state index contributed by atoms with van der Waals surface area (Å²) in [5.41, 5.74) is 2.92. The number of benzene rings is 2. The summed E-state index contributed by atoms with van der Waals surface area (Å²) in [6, 6.07) is 14.4. The number of carbonyl (C=O) groups excluding carboxylic acids is 2. The zero-order chi connectivity index (χ0) is 18.8. The van der Waals surface area contributed by atoms with Gasteiger partial charge < -0.3 is 0 Å². The van der Waals surface area contributed by atoms with Crippen LogP contribution in [0.3, 0.4) is 0 Å². The van der Waals surface area contributed by atoms with Gasteiger partial charge in [0.25, 0.3) is 5.91 Å². The lowest BCUT2D eigenvalue weighted by Crippen LogP contribution is -2.40. The van der Waals surface area contributed by atoms with Crippen molar-refractivity contribution in [2.45, 2.75) is 26.4 Å². The lowest BCUT2D eigenvalue weighted by atomic mass is 10.2. The fourth-order valence-corrected chi connectivity index (χ4v) is 3.21. The molecule has 26 heavy (non-hydrogen) atoms. The number of halogens is 1. The maximum Gasteiger partial charge on any atom is 0.333 e. The summed E-state index contributed by atoms with van der Waals surface area (Å²) in [4.78, 5) is 30.2. The van der Waals surface area contributed by atoms with E-state index in [0.29, 0.717) is 11.6 Å². The van der Waals surface area contributed by atoms with Gasteiger partial charge in [-0.25, -0.2) is 9.69 Å². The van der Waals surface area contributed by atoms with Crippen LogP contribution in [0.5, 0.6) is 0 Å². The lowest BCUT2D eigenvalue weighted by Gasteiger charge is -2.23. The van der Waals surface area contributed by atoms with E-state index in [-0.39, 0.29) is 18.6 Å². The molecule has 5 nitrogen and oxygen atoms in total. The standard InChI is InChI=1S/C20H22ClN3O2/c1-14-4-10-18(11-5-14)24-15(2)19(25)23(20(24)26)13-22(3)12-16-6-8-17(21)9-7-16/h4-11,15H,12-13H2,1-3H3/t15-/m0/s1. The van der Waals surface area contributed by atoms with E-state index in [0.717, 1.165) is 16.8 Å². The fourth-order valence-electron chi connectivity index (χ4n) is 3.09. The van der Waals surface area contributed by atoms with E-state index in [1.54, 1.807) is 11.8 Å². The van der Waals surface area contributed by atoms with Crippen LogP contribution in [-0.4, -0.2) is 41.5 Å². The Kier molecular flexibility index (Phi) is 5.30. The number of aryl methyl sites for hydroxylation is 1. The second-order valence-corrected chi connectivity index (χ2v) is 7.15. The molecular weight excluding hydrogens is 350 g/mol. The molecule has 0 aliphatic carbocycles. The minimum atomic E-state index is -0.505. The summed E-state index contributed by atoms with van der Waals surface area (Å²) in [5.74, 6) is -0.182. The van der Waals surface area contributed by atoms with Crippen LogP contribution in [-0.2, 0) is 11.3 Å². The van der Waals surface area contributed by atoms with E-state index < -0.39 is 6.04 Å². The molecular formula is C20H22ClN3O2. The normalized spacial score (nSPS) is 17.5. The maximum atomic E-state index is 12.8. The molecule has 1 fully saturated rings. The van der Waals surface area contributed by atoms with Crippen molar-refractivity contribution >= 4 is 29.2 Å². The molecule has 2 aromatic rings. The quantitative estimate of drug-likeness (QED) is 0.749.